The molecule has 0 saturated heterocycles. The number of carbonyl (C=O) groups excluding carboxylic acids is 1. The molecule has 0 aliphatic carbocycles. The second kappa shape index (κ2) is 5.02. The summed E-state index contributed by atoms with van der Waals surface area (Å²) in [6.45, 7) is 10.1. The maximum absolute atomic E-state index is 11.0. The molecule has 0 rings (SSSR count). The second-order valence-corrected chi connectivity index (χ2v) is 3.17. The Kier molecular flexibility index (Phi) is 4.70. The molecule has 0 aromatic carbocycles. The Morgan fingerprint density at radius 1 is 1.62 bits per heavy atom. The van der Waals surface area contributed by atoms with Crippen molar-refractivity contribution in [3.63, 3.8) is 0 Å². The van der Waals surface area contributed by atoms with E-state index < -0.39 is 5.72 Å². The van der Waals surface area contributed by atoms with E-state index in [0.717, 1.165) is 13.0 Å². The predicted molar refractivity (Wildman–Crippen MR) is 53.3 cm³/mol. The van der Waals surface area contributed by atoms with E-state index in [1.807, 2.05) is 32.7 Å². The minimum Gasteiger partial charge on any atom is -0.441 e. The number of nitrogens with zero attached hydrogens (tertiary/aromatic N) is 1. The maximum Gasteiger partial charge on any atom is 0.331 e. The highest BCUT2D eigenvalue weighted by atomic mass is 16.6. The fourth-order valence-corrected chi connectivity index (χ4v) is 1.01. The number of hydrogen-bond acceptors (Lipinski definition) is 3. The van der Waals surface area contributed by atoms with E-state index in [4.69, 9.17) is 4.74 Å². The van der Waals surface area contributed by atoms with Crippen LogP contribution in [0.3, 0.4) is 0 Å². The molecular weight excluding hydrogens is 166 g/mol. The molecule has 76 valence electrons. The van der Waals surface area contributed by atoms with Crippen molar-refractivity contribution in [1.29, 1.82) is 0 Å². The van der Waals surface area contributed by atoms with Gasteiger partial charge in [0.1, 0.15) is 0 Å². The summed E-state index contributed by atoms with van der Waals surface area (Å²) in [5, 5.41) is 0. The molecule has 0 amide bonds. The van der Waals surface area contributed by atoms with E-state index >= 15 is 0 Å². The molecule has 1 atom stereocenters. The average molecular weight is 185 g/mol. The summed E-state index contributed by atoms with van der Waals surface area (Å²) in [7, 11) is 1.93. The summed E-state index contributed by atoms with van der Waals surface area (Å²) in [4.78, 5) is 13.0. The largest absolute Gasteiger partial charge is 0.441 e. The van der Waals surface area contributed by atoms with Crippen LogP contribution in [-0.4, -0.2) is 30.2 Å². The molecule has 0 saturated carbocycles. The molecule has 0 radical (unpaired) electrons. The molecule has 0 aromatic heterocycles. The number of rotatable bonds is 5. The van der Waals surface area contributed by atoms with Crippen molar-refractivity contribution in [2.75, 3.05) is 13.6 Å². The Labute approximate surface area is 80.4 Å². The van der Waals surface area contributed by atoms with Crippen LogP contribution in [0.4, 0.5) is 0 Å². The molecule has 3 nitrogen and oxygen atoms in total. The number of hydrogen-bond donors (Lipinski definition) is 0. The molecule has 0 aliphatic rings. The van der Waals surface area contributed by atoms with Gasteiger partial charge in [0, 0.05) is 6.08 Å². The zero-order valence-electron chi connectivity index (χ0n) is 8.96. The molecular formula is C10H19NO2. The van der Waals surface area contributed by atoms with E-state index in [1.54, 1.807) is 0 Å². The normalized spacial score (nSPS) is 15.2. The molecule has 13 heavy (non-hydrogen) atoms. The smallest absolute Gasteiger partial charge is 0.331 e. The van der Waals surface area contributed by atoms with Gasteiger partial charge in [0.05, 0.1) is 0 Å². The molecule has 0 aromatic rings. The van der Waals surface area contributed by atoms with Crippen LogP contribution in [-0.2, 0) is 9.53 Å². The van der Waals surface area contributed by atoms with Gasteiger partial charge in [-0.15, -0.1) is 0 Å². The lowest BCUT2D eigenvalue weighted by Crippen LogP contribution is -2.46. The highest BCUT2D eigenvalue weighted by Crippen LogP contribution is 2.19. The van der Waals surface area contributed by atoms with Gasteiger partial charge in [-0.1, -0.05) is 20.4 Å². The summed E-state index contributed by atoms with van der Waals surface area (Å²) < 4.78 is 5.26. The molecule has 0 heterocycles. The highest BCUT2D eigenvalue weighted by molar-refractivity contribution is 5.81. The molecule has 1 unspecified atom stereocenters. The van der Waals surface area contributed by atoms with Crippen LogP contribution in [0.1, 0.15) is 27.2 Å². The highest BCUT2D eigenvalue weighted by Gasteiger charge is 2.29. The van der Waals surface area contributed by atoms with Crippen molar-refractivity contribution in [2.45, 2.75) is 32.9 Å². The lowest BCUT2D eigenvalue weighted by Gasteiger charge is -2.36. The van der Waals surface area contributed by atoms with Gasteiger partial charge in [0.2, 0.25) is 0 Å². The van der Waals surface area contributed by atoms with Gasteiger partial charge in [-0.05, 0) is 26.9 Å². The third kappa shape index (κ3) is 3.19. The summed E-state index contributed by atoms with van der Waals surface area (Å²) >= 11 is 0. The number of ether oxygens (including phenoxy) is 1. The third-order valence-corrected chi connectivity index (χ3v) is 2.42. The van der Waals surface area contributed by atoms with Gasteiger partial charge in [-0.2, -0.15) is 0 Å². The number of esters is 1. The van der Waals surface area contributed by atoms with Crippen LogP contribution in [0, 0.1) is 0 Å². The molecule has 0 fully saturated rings. The Hall–Kier alpha value is -0.830. The zero-order chi connectivity index (χ0) is 10.5. The zero-order valence-corrected chi connectivity index (χ0v) is 8.96. The van der Waals surface area contributed by atoms with E-state index in [9.17, 15) is 4.79 Å². The first-order valence-electron chi connectivity index (χ1n) is 4.56. The summed E-state index contributed by atoms with van der Waals surface area (Å²) in [5.74, 6) is -0.371. The van der Waals surface area contributed by atoms with Crippen LogP contribution >= 0.6 is 0 Å². The lowest BCUT2D eigenvalue weighted by molar-refractivity contribution is -0.172. The van der Waals surface area contributed by atoms with E-state index in [0.29, 0.717) is 0 Å². The van der Waals surface area contributed by atoms with Crippen molar-refractivity contribution in [2.24, 2.45) is 0 Å². The number of carbonyl (C=O) groups is 1. The minimum absolute atomic E-state index is 0.371. The quantitative estimate of drug-likeness (QED) is 0.371. The topological polar surface area (TPSA) is 29.5 Å². The van der Waals surface area contributed by atoms with Crippen LogP contribution in [0.5, 0.6) is 0 Å². The molecule has 0 spiro atoms. The minimum atomic E-state index is -0.514. The molecule has 3 heteroatoms. The SMILES string of the molecule is C=CC(=O)OC(C)(CC)N(C)CC. The van der Waals surface area contributed by atoms with Crippen molar-refractivity contribution in [3.05, 3.63) is 12.7 Å². The van der Waals surface area contributed by atoms with Crippen LogP contribution in [0.25, 0.3) is 0 Å². The van der Waals surface area contributed by atoms with Gasteiger partial charge in [-0.3, -0.25) is 4.90 Å². The molecule has 0 aliphatic heterocycles. The molecule has 0 bridgehead atoms. The van der Waals surface area contributed by atoms with Crippen LogP contribution < -0.4 is 0 Å². The first kappa shape index (κ1) is 12.2. The van der Waals surface area contributed by atoms with Crippen molar-refractivity contribution in [3.8, 4) is 0 Å². The summed E-state index contributed by atoms with van der Waals surface area (Å²) in [5.41, 5.74) is -0.514. The Morgan fingerprint density at radius 2 is 2.15 bits per heavy atom. The Morgan fingerprint density at radius 3 is 2.46 bits per heavy atom. The standard InChI is InChI=1S/C10H19NO2/c1-6-9(12)13-10(4,7-2)11(5)8-3/h6H,1,7-8H2,2-5H3. The van der Waals surface area contributed by atoms with Gasteiger partial charge >= 0.3 is 5.97 Å². The monoisotopic (exact) mass is 185 g/mol. The first-order valence-corrected chi connectivity index (χ1v) is 4.56. The van der Waals surface area contributed by atoms with Gasteiger partial charge in [-0.25, -0.2) is 4.79 Å². The third-order valence-electron chi connectivity index (χ3n) is 2.42. The van der Waals surface area contributed by atoms with Crippen LogP contribution in [0.2, 0.25) is 0 Å². The lowest BCUT2D eigenvalue weighted by atomic mass is 10.1. The van der Waals surface area contributed by atoms with Gasteiger partial charge in [0.15, 0.2) is 5.72 Å². The van der Waals surface area contributed by atoms with Crippen molar-refractivity contribution in [1.82, 2.24) is 4.90 Å². The van der Waals surface area contributed by atoms with Gasteiger partial charge < -0.3 is 4.74 Å². The fourth-order valence-electron chi connectivity index (χ4n) is 1.01. The Balaban J connectivity index is 4.43. The van der Waals surface area contributed by atoms with E-state index in [1.165, 1.54) is 6.08 Å². The predicted octanol–water partition coefficient (Wildman–Crippen LogP) is 1.79. The van der Waals surface area contributed by atoms with Gasteiger partial charge in [0.25, 0.3) is 0 Å². The Bertz CT molecular complexity index is 191. The maximum atomic E-state index is 11.0. The first-order chi connectivity index (χ1) is 6.00. The van der Waals surface area contributed by atoms with Crippen LogP contribution in [0.15, 0.2) is 12.7 Å². The molecule has 0 N–H and O–H groups in total. The summed E-state index contributed by atoms with van der Waals surface area (Å²) in [6.07, 6.45) is 1.95. The summed E-state index contributed by atoms with van der Waals surface area (Å²) in [6, 6.07) is 0. The van der Waals surface area contributed by atoms with Crippen molar-refractivity contribution < 1.29 is 9.53 Å². The second-order valence-electron chi connectivity index (χ2n) is 3.17. The van der Waals surface area contributed by atoms with Crippen molar-refractivity contribution >= 4 is 5.97 Å². The van der Waals surface area contributed by atoms with E-state index in [-0.39, 0.29) is 5.97 Å². The fraction of sp³-hybridized carbons (Fsp3) is 0.700. The van der Waals surface area contributed by atoms with E-state index in [2.05, 4.69) is 6.58 Å². The average Bonchev–Trinajstić information content (AvgIpc) is 2.15.